The van der Waals surface area contributed by atoms with Crippen molar-refractivity contribution < 1.29 is 0 Å². The molecular formula is C19H31N3S. The summed E-state index contributed by atoms with van der Waals surface area (Å²) in [6.07, 6.45) is 5.90. The molecule has 0 saturated heterocycles. The van der Waals surface area contributed by atoms with Crippen molar-refractivity contribution in [2.75, 3.05) is 6.26 Å². The van der Waals surface area contributed by atoms with E-state index in [1.54, 1.807) is 0 Å². The van der Waals surface area contributed by atoms with Gasteiger partial charge in [-0.05, 0) is 42.1 Å². The van der Waals surface area contributed by atoms with Gasteiger partial charge in [-0.3, -0.25) is 0 Å². The smallest absolute Gasteiger partial charge is 0.113 e. The van der Waals surface area contributed by atoms with Crippen molar-refractivity contribution in [3.05, 3.63) is 24.3 Å². The van der Waals surface area contributed by atoms with Crippen molar-refractivity contribution in [1.82, 2.24) is 15.0 Å². The van der Waals surface area contributed by atoms with E-state index >= 15 is 0 Å². The predicted molar refractivity (Wildman–Crippen MR) is 102 cm³/mol. The summed E-state index contributed by atoms with van der Waals surface area (Å²) < 4.78 is 2.14. The highest BCUT2D eigenvalue weighted by Gasteiger charge is 2.39. The fourth-order valence-corrected chi connectivity index (χ4v) is 5.13. The Hall–Kier alpha value is -1.03. The molecule has 0 radical (unpaired) electrons. The number of hydrogen-bond donors (Lipinski definition) is 0. The molecule has 0 saturated carbocycles. The number of benzene rings is 1. The molecule has 128 valence electrons. The Balaban J connectivity index is 2.42. The van der Waals surface area contributed by atoms with Crippen LogP contribution in [0.3, 0.4) is 0 Å². The van der Waals surface area contributed by atoms with Crippen molar-refractivity contribution in [3.8, 4) is 0 Å². The number of thioether (sulfide) groups is 1. The normalized spacial score (nSPS) is 15.3. The largest absolute Gasteiger partial charge is 0.231 e. The number of fused-ring (bicyclic) bond motifs is 1. The maximum Gasteiger partial charge on any atom is 0.113 e. The molecule has 23 heavy (non-hydrogen) atoms. The van der Waals surface area contributed by atoms with Gasteiger partial charge >= 0.3 is 0 Å². The van der Waals surface area contributed by atoms with Crippen LogP contribution in [0.1, 0.15) is 59.3 Å². The summed E-state index contributed by atoms with van der Waals surface area (Å²) in [4.78, 5) is 0. The summed E-state index contributed by atoms with van der Waals surface area (Å²) in [6.45, 7) is 11.8. The van der Waals surface area contributed by atoms with Crippen molar-refractivity contribution >= 4 is 22.8 Å². The van der Waals surface area contributed by atoms with Gasteiger partial charge in [0.2, 0.25) is 0 Å². The van der Waals surface area contributed by atoms with Crippen LogP contribution in [-0.4, -0.2) is 21.2 Å². The molecule has 0 bridgehead atoms. The molecule has 3 nitrogen and oxygen atoms in total. The zero-order valence-electron chi connectivity index (χ0n) is 15.4. The number of aromatic nitrogens is 3. The van der Waals surface area contributed by atoms with E-state index in [9.17, 15) is 0 Å². The van der Waals surface area contributed by atoms with Gasteiger partial charge in [0.25, 0.3) is 0 Å². The van der Waals surface area contributed by atoms with Crippen LogP contribution in [0.25, 0.3) is 11.0 Å². The Morgan fingerprint density at radius 1 is 1.13 bits per heavy atom. The first-order chi connectivity index (χ1) is 11.0. The minimum absolute atomic E-state index is 0.320. The van der Waals surface area contributed by atoms with E-state index in [4.69, 9.17) is 0 Å². The third-order valence-electron chi connectivity index (χ3n) is 5.48. The lowest BCUT2D eigenvalue weighted by Crippen LogP contribution is -2.34. The summed E-state index contributed by atoms with van der Waals surface area (Å²) in [5.41, 5.74) is 2.49. The van der Waals surface area contributed by atoms with Crippen molar-refractivity contribution in [1.29, 1.82) is 0 Å². The van der Waals surface area contributed by atoms with Gasteiger partial charge in [0.15, 0.2) is 0 Å². The first kappa shape index (κ1) is 18.3. The van der Waals surface area contributed by atoms with Gasteiger partial charge in [-0.2, -0.15) is 0 Å². The van der Waals surface area contributed by atoms with Crippen LogP contribution in [-0.2, 0) is 0 Å². The third kappa shape index (κ3) is 3.57. The van der Waals surface area contributed by atoms with Crippen LogP contribution < -0.4 is 0 Å². The van der Waals surface area contributed by atoms with Gasteiger partial charge in [0, 0.05) is 0 Å². The Bertz CT molecular complexity index is 616. The second kappa shape index (κ2) is 7.69. The van der Waals surface area contributed by atoms with Crippen molar-refractivity contribution in [3.63, 3.8) is 0 Å². The molecule has 2 unspecified atom stereocenters. The predicted octanol–water partition coefficient (Wildman–Crippen LogP) is 5.78. The van der Waals surface area contributed by atoms with Crippen molar-refractivity contribution in [2.24, 2.45) is 17.3 Å². The van der Waals surface area contributed by atoms with E-state index in [-0.39, 0.29) is 0 Å². The number of nitrogens with zero attached hydrogens (tertiary/aromatic N) is 3. The van der Waals surface area contributed by atoms with Crippen LogP contribution in [0.5, 0.6) is 0 Å². The van der Waals surface area contributed by atoms with Gasteiger partial charge in [-0.25, -0.2) is 4.68 Å². The maximum atomic E-state index is 4.49. The summed E-state index contributed by atoms with van der Waals surface area (Å²) >= 11 is 1.90. The fourth-order valence-electron chi connectivity index (χ4n) is 4.07. The van der Waals surface area contributed by atoms with E-state index in [2.05, 4.69) is 68.0 Å². The van der Waals surface area contributed by atoms with Crippen LogP contribution in [0, 0.1) is 17.3 Å². The average molecular weight is 334 g/mol. The monoisotopic (exact) mass is 333 g/mol. The molecule has 2 atom stereocenters. The molecule has 1 aromatic carbocycles. The highest BCUT2D eigenvalue weighted by molar-refractivity contribution is 7.98. The number of hydrogen-bond acceptors (Lipinski definition) is 3. The number of rotatable bonds is 8. The highest BCUT2D eigenvalue weighted by Crippen LogP contribution is 2.49. The molecule has 0 aliphatic carbocycles. The second-order valence-electron chi connectivity index (χ2n) is 7.11. The molecule has 1 heterocycles. The zero-order chi connectivity index (χ0) is 17.0. The number of para-hydroxylation sites is 1. The molecule has 0 fully saturated rings. The van der Waals surface area contributed by atoms with Gasteiger partial charge < -0.3 is 0 Å². The lowest BCUT2D eigenvalue weighted by atomic mass is 9.67. The summed E-state index contributed by atoms with van der Waals surface area (Å²) in [6, 6.07) is 8.28. The molecule has 4 heteroatoms. The first-order valence-electron chi connectivity index (χ1n) is 8.81. The average Bonchev–Trinajstić information content (AvgIpc) is 2.97. The topological polar surface area (TPSA) is 30.7 Å². The lowest BCUT2D eigenvalue weighted by molar-refractivity contribution is 0.101. The first-order valence-corrected chi connectivity index (χ1v) is 10.1. The van der Waals surface area contributed by atoms with Crippen LogP contribution in [0.4, 0.5) is 0 Å². The molecule has 1 aromatic heterocycles. The van der Waals surface area contributed by atoms with E-state index in [0.717, 1.165) is 11.0 Å². The maximum absolute atomic E-state index is 4.49. The Labute approximate surface area is 145 Å². The molecule has 2 aromatic rings. The van der Waals surface area contributed by atoms with Crippen LogP contribution in [0.15, 0.2) is 24.3 Å². The molecular weight excluding hydrogens is 302 g/mol. The SMILES string of the molecule is CCC(CC)(CC(C)C)C(C)C(SC)n1nnc2ccccc21. The Morgan fingerprint density at radius 3 is 2.35 bits per heavy atom. The third-order valence-corrected chi connectivity index (χ3v) is 6.57. The van der Waals surface area contributed by atoms with Crippen LogP contribution >= 0.6 is 11.8 Å². The van der Waals surface area contributed by atoms with Gasteiger partial charge in [-0.15, -0.1) is 16.9 Å². The summed E-state index contributed by atoms with van der Waals surface area (Å²) in [5.74, 6) is 1.26. The van der Waals surface area contributed by atoms with E-state index in [0.29, 0.717) is 22.6 Å². The van der Waals surface area contributed by atoms with Crippen LogP contribution in [0.2, 0.25) is 0 Å². The minimum atomic E-state index is 0.320. The van der Waals surface area contributed by atoms with Crippen molar-refractivity contribution in [2.45, 2.75) is 59.3 Å². The van der Waals surface area contributed by atoms with E-state index in [1.807, 2.05) is 23.9 Å². The minimum Gasteiger partial charge on any atom is -0.231 e. The molecule has 0 N–H and O–H groups in total. The quantitative estimate of drug-likeness (QED) is 0.613. The standard InChI is InChI=1S/C19H31N3S/c1-7-19(8-2,13-14(3)4)15(5)18(23-6)22-17-12-10-9-11-16(17)20-21-22/h9-12,14-15,18H,7-8,13H2,1-6H3. The lowest BCUT2D eigenvalue weighted by Gasteiger charge is -2.42. The molecule has 0 aliphatic rings. The molecule has 0 spiro atoms. The molecule has 0 aliphatic heterocycles. The highest BCUT2D eigenvalue weighted by atomic mass is 32.2. The van der Waals surface area contributed by atoms with Gasteiger partial charge in [0.05, 0.1) is 5.52 Å². The summed E-state index contributed by atoms with van der Waals surface area (Å²) in [5, 5.41) is 9.18. The second-order valence-corrected chi connectivity index (χ2v) is 8.06. The van der Waals surface area contributed by atoms with Gasteiger partial charge in [0.1, 0.15) is 10.9 Å². The van der Waals surface area contributed by atoms with E-state index in [1.165, 1.54) is 19.3 Å². The molecule has 0 amide bonds. The fraction of sp³-hybridized carbons (Fsp3) is 0.684. The van der Waals surface area contributed by atoms with E-state index < -0.39 is 0 Å². The summed E-state index contributed by atoms with van der Waals surface area (Å²) in [7, 11) is 0. The zero-order valence-corrected chi connectivity index (χ0v) is 16.2. The Kier molecular flexibility index (Phi) is 6.12. The Morgan fingerprint density at radius 2 is 1.78 bits per heavy atom. The van der Waals surface area contributed by atoms with Gasteiger partial charge in [-0.1, -0.05) is 64.8 Å². The molecule has 2 rings (SSSR count).